The van der Waals surface area contributed by atoms with Gasteiger partial charge in [-0.15, -0.1) is 0 Å². The summed E-state index contributed by atoms with van der Waals surface area (Å²) in [6.07, 6.45) is 13.6. The Morgan fingerprint density at radius 2 is 0.808 bits per heavy atom. The fourth-order valence-corrected chi connectivity index (χ4v) is 26.4. The maximum absolute atomic E-state index is 13.1. The highest BCUT2D eigenvalue weighted by Crippen LogP contribution is 2.47. The molecule has 0 aromatic heterocycles. The van der Waals surface area contributed by atoms with Gasteiger partial charge in [0.05, 0.1) is 14.2 Å². The van der Waals surface area contributed by atoms with Gasteiger partial charge in [-0.05, 0) is 192 Å². The van der Waals surface area contributed by atoms with Crippen LogP contribution in [-0.2, 0) is 31.9 Å². The molecule has 0 bridgehead atoms. The van der Waals surface area contributed by atoms with Gasteiger partial charge >= 0.3 is 20.9 Å². The number of carbonyl (C=O) groups excluding carboxylic acids is 2. The first-order chi connectivity index (χ1) is 37.4. The van der Waals surface area contributed by atoms with Gasteiger partial charge in [-0.3, -0.25) is 0 Å². The Balaban J connectivity index is 0.762. The Labute approximate surface area is 467 Å². The normalized spacial score (nSPS) is 15.4. The highest BCUT2D eigenvalue weighted by atomic mass is 28.5. The predicted molar refractivity (Wildman–Crippen MR) is 318 cm³/mol. The van der Waals surface area contributed by atoms with Crippen molar-refractivity contribution < 1.29 is 46.2 Å². The SMILES string of the molecule is COc1cc(CCC[Si](C)(C)O[Si](C)(C)O[Si](C)(C)CCCc2ccc(OC(=O)Oc3ccc(C4(c5ccc(C)cc5)CCCCC4)cc3)c(OC)c2)ccc1OC(=O)Oc1ccc(C2(c3ccccc3)CCCCC2)cc1. The van der Waals surface area contributed by atoms with Gasteiger partial charge in [0.1, 0.15) is 11.5 Å². The van der Waals surface area contributed by atoms with Crippen molar-refractivity contribution >= 4 is 37.5 Å². The molecule has 78 heavy (non-hydrogen) atoms. The average molecular weight is 1110 g/mol. The first-order valence-electron chi connectivity index (χ1n) is 28.3. The van der Waals surface area contributed by atoms with Crippen molar-refractivity contribution in [1.82, 2.24) is 0 Å². The fourth-order valence-electron chi connectivity index (χ4n) is 12.3. The van der Waals surface area contributed by atoms with Crippen molar-refractivity contribution in [1.29, 1.82) is 0 Å². The van der Waals surface area contributed by atoms with Crippen LogP contribution in [0, 0.1) is 6.92 Å². The van der Waals surface area contributed by atoms with Gasteiger partial charge in [0.25, 0.3) is 0 Å². The molecule has 2 fully saturated rings. The van der Waals surface area contributed by atoms with Crippen molar-refractivity contribution in [2.45, 2.75) is 159 Å². The van der Waals surface area contributed by atoms with Crippen molar-refractivity contribution in [3.8, 4) is 34.5 Å². The predicted octanol–water partition coefficient (Wildman–Crippen LogP) is 17.4. The van der Waals surface area contributed by atoms with E-state index in [0.29, 0.717) is 34.5 Å². The number of carbonyl (C=O) groups is 2. The summed E-state index contributed by atoms with van der Waals surface area (Å²) < 4.78 is 48.0. The molecule has 414 valence electrons. The number of methoxy groups -OCH3 is 2. The largest absolute Gasteiger partial charge is 0.519 e. The van der Waals surface area contributed by atoms with Crippen molar-refractivity contribution in [2.75, 3.05) is 14.2 Å². The molecule has 0 N–H and O–H groups in total. The average Bonchev–Trinajstić information content (AvgIpc) is 3.50. The van der Waals surface area contributed by atoms with E-state index in [1.807, 2.05) is 48.5 Å². The van der Waals surface area contributed by atoms with Gasteiger partial charge in [0.15, 0.2) is 39.6 Å². The number of rotatable bonds is 22. The van der Waals surface area contributed by atoms with Crippen LogP contribution in [0.3, 0.4) is 0 Å². The Morgan fingerprint density at radius 3 is 1.19 bits per heavy atom. The first-order valence-corrected chi connectivity index (χ1v) is 37.3. The molecule has 6 aromatic carbocycles. The minimum atomic E-state index is -2.46. The van der Waals surface area contributed by atoms with E-state index in [1.54, 1.807) is 26.4 Å². The van der Waals surface area contributed by atoms with Crippen molar-refractivity contribution in [3.63, 3.8) is 0 Å². The molecule has 0 radical (unpaired) electrons. The van der Waals surface area contributed by atoms with Gasteiger partial charge in [0.2, 0.25) is 0 Å². The second-order valence-electron chi connectivity index (χ2n) is 23.3. The monoisotopic (exact) mass is 1110 g/mol. The topological polar surface area (TPSA) is 108 Å². The van der Waals surface area contributed by atoms with Crippen LogP contribution in [0.4, 0.5) is 9.59 Å². The molecule has 0 atom stereocenters. The third-order valence-electron chi connectivity index (χ3n) is 15.9. The van der Waals surface area contributed by atoms with Crippen LogP contribution < -0.4 is 28.4 Å². The van der Waals surface area contributed by atoms with E-state index >= 15 is 0 Å². The standard InChI is InChI=1S/C65H82O10Si3/c1-49-25-29-53(30-26-49)65(43-17-12-18-44-65)55-33-37-57(38-34-55)71-63(67)73-59-40-28-51(48-61(59)69-3)22-20-46-77(6,7)75-78(8,9)74-76(4,5)45-19-21-50-27-39-58(60(47-50)68-2)72-62(66)70-56-35-31-54(32-36-56)64(41-15-11-16-42-64)52-23-13-10-14-24-52/h10,13-14,23-40,47-48H,11-12,15-22,41-46H2,1-9H3. The second-order valence-corrected chi connectivity index (χ2v) is 35.7. The molecular weight excluding hydrogens is 1020 g/mol. The maximum atomic E-state index is 13.1. The van der Waals surface area contributed by atoms with Gasteiger partial charge in [0, 0.05) is 10.8 Å². The zero-order valence-corrected chi connectivity index (χ0v) is 50.7. The minimum absolute atomic E-state index is 0.0303. The van der Waals surface area contributed by atoms with Crippen LogP contribution in [-0.4, -0.2) is 51.7 Å². The summed E-state index contributed by atoms with van der Waals surface area (Å²) >= 11 is 0. The highest BCUT2D eigenvalue weighted by molar-refractivity contribution is 6.87. The van der Waals surface area contributed by atoms with Gasteiger partial charge in [-0.2, -0.15) is 0 Å². The van der Waals surface area contributed by atoms with Gasteiger partial charge < -0.3 is 36.7 Å². The summed E-state index contributed by atoms with van der Waals surface area (Å²) in [5.41, 5.74) is 8.54. The van der Waals surface area contributed by atoms with Gasteiger partial charge in [-0.25, -0.2) is 9.59 Å². The number of hydrogen-bond donors (Lipinski definition) is 0. The second kappa shape index (κ2) is 25.9. The van der Waals surface area contributed by atoms with Crippen LogP contribution in [0.15, 0.2) is 140 Å². The summed E-state index contributed by atoms with van der Waals surface area (Å²) in [5, 5.41) is 0. The quantitative estimate of drug-likeness (QED) is 0.0370. The highest BCUT2D eigenvalue weighted by Gasteiger charge is 2.40. The molecule has 0 aliphatic heterocycles. The van der Waals surface area contributed by atoms with Crippen molar-refractivity contribution in [3.05, 3.63) is 178 Å². The molecule has 0 unspecified atom stereocenters. The zero-order valence-electron chi connectivity index (χ0n) is 47.7. The number of ether oxygens (including phenoxy) is 6. The molecule has 2 aliphatic carbocycles. The van der Waals surface area contributed by atoms with Gasteiger partial charge in [-0.1, -0.05) is 135 Å². The molecule has 13 heteroatoms. The van der Waals surface area contributed by atoms with E-state index in [2.05, 4.69) is 125 Å². The summed E-state index contributed by atoms with van der Waals surface area (Å²) in [6, 6.07) is 48.8. The Bertz CT molecular complexity index is 2910. The minimum Gasteiger partial charge on any atom is -0.493 e. The lowest BCUT2D eigenvalue weighted by Gasteiger charge is -2.39. The van der Waals surface area contributed by atoms with Crippen molar-refractivity contribution in [2.24, 2.45) is 0 Å². The fraction of sp³-hybridized carbons (Fsp3) is 0.415. The molecule has 2 saturated carbocycles. The van der Waals surface area contributed by atoms with Crippen LogP contribution in [0.5, 0.6) is 34.5 Å². The van der Waals surface area contributed by atoms with E-state index in [9.17, 15) is 9.59 Å². The molecule has 6 aromatic rings. The molecule has 0 spiro atoms. The summed E-state index contributed by atoms with van der Waals surface area (Å²) in [6.45, 7) is 15.6. The molecule has 0 saturated heterocycles. The smallest absolute Gasteiger partial charge is 0.493 e. The lowest BCUT2D eigenvalue weighted by molar-refractivity contribution is 0.149. The van der Waals surface area contributed by atoms with Crippen LogP contribution in [0.25, 0.3) is 0 Å². The molecule has 0 amide bonds. The first kappa shape index (κ1) is 58.2. The van der Waals surface area contributed by atoms with Crippen LogP contribution >= 0.6 is 0 Å². The maximum Gasteiger partial charge on any atom is 0.519 e. The Morgan fingerprint density at radius 1 is 0.436 bits per heavy atom. The molecule has 2 aliphatic rings. The lowest BCUT2D eigenvalue weighted by atomic mass is 9.65. The van der Waals surface area contributed by atoms with E-state index in [-0.39, 0.29) is 10.8 Å². The van der Waals surface area contributed by atoms with Crippen LogP contribution in [0.1, 0.15) is 116 Å². The summed E-state index contributed by atoms with van der Waals surface area (Å²) in [4.78, 5) is 26.1. The van der Waals surface area contributed by atoms with E-state index < -0.39 is 37.5 Å². The Hall–Kier alpha value is -5.97. The molecule has 0 heterocycles. The third kappa shape index (κ3) is 15.2. The van der Waals surface area contributed by atoms with E-state index in [1.165, 1.54) is 66.3 Å². The zero-order chi connectivity index (χ0) is 55.4. The molecule has 8 rings (SSSR count). The lowest BCUT2D eigenvalue weighted by Crippen LogP contribution is -2.52. The Kier molecular flexibility index (Phi) is 19.3. The summed E-state index contributed by atoms with van der Waals surface area (Å²) in [5.74, 6) is 2.44. The van der Waals surface area contributed by atoms with E-state index in [0.717, 1.165) is 74.6 Å². The number of benzene rings is 6. The van der Waals surface area contributed by atoms with E-state index in [4.69, 9.17) is 36.7 Å². The number of hydrogen-bond acceptors (Lipinski definition) is 10. The molecular formula is C65H82O10Si3. The third-order valence-corrected chi connectivity index (χ3v) is 27.4. The number of aryl methyl sites for hydroxylation is 3. The molecule has 10 nitrogen and oxygen atoms in total. The summed E-state index contributed by atoms with van der Waals surface area (Å²) in [7, 11) is -3.49. The van der Waals surface area contributed by atoms with Crippen LogP contribution in [0.2, 0.25) is 51.4 Å².